The first-order valence-electron chi connectivity index (χ1n) is 13.7. The fourth-order valence-electron chi connectivity index (χ4n) is 5.43. The molecule has 3 atom stereocenters. The summed E-state index contributed by atoms with van der Waals surface area (Å²) in [4.78, 5) is 26.9. The van der Waals surface area contributed by atoms with Crippen molar-refractivity contribution in [3.05, 3.63) is 101 Å². The van der Waals surface area contributed by atoms with Gasteiger partial charge in [-0.05, 0) is 79.1 Å². The summed E-state index contributed by atoms with van der Waals surface area (Å²) in [7, 11) is -2.40. The Hall–Kier alpha value is -4.11. The van der Waals surface area contributed by atoms with E-state index in [0.29, 0.717) is 29.8 Å². The summed E-state index contributed by atoms with van der Waals surface area (Å²) < 4.78 is 39.5. The van der Waals surface area contributed by atoms with Gasteiger partial charge in [-0.3, -0.25) is 9.52 Å². The van der Waals surface area contributed by atoms with Crippen molar-refractivity contribution in [1.82, 2.24) is 0 Å². The lowest BCUT2D eigenvalue weighted by atomic mass is 9.81. The quantitative estimate of drug-likeness (QED) is 0.287. The van der Waals surface area contributed by atoms with Crippen molar-refractivity contribution in [3.63, 3.8) is 0 Å². The van der Waals surface area contributed by atoms with Gasteiger partial charge < -0.3 is 14.6 Å². The van der Waals surface area contributed by atoms with Crippen molar-refractivity contribution in [2.45, 2.75) is 49.5 Å². The van der Waals surface area contributed by atoms with E-state index in [9.17, 15) is 23.1 Å². The van der Waals surface area contributed by atoms with Gasteiger partial charge >= 0.3 is 5.97 Å². The Balaban J connectivity index is 1.42. The molecule has 41 heavy (non-hydrogen) atoms. The molecule has 0 radical (unpaired) electrons. The zero-order valence-corrected chi connectivity index (χ0v) is 23.8. The van der Waals surface area contributed by atoms with E-state index in [2.05, 4.69) is 4.72 Å². The number of carbonyl (C=O) groups is 2. The summed E-state index contributed by atoms with van der Waals surface area (Å²) >= 11 is 0. The SMILES string of the molecule is CCC(Cc1ccccc1)C1OC(=O)C(C(c2cccc(NS(=O)(=O)c3ccc(OC)cc3)c2)C2CC2)=C(O)C1=O. The van der Waals surface area contributed by atoms with Crippen molar-refractivity contribution in [2.75, 3.05) is 11.8 Å². The van der Waals surface area contributed by atoms with Crippen LogP contribution in [-0.2, 0) is 30.8 Å². The molecular formula is C32H33NO7S. The van der Waals surface area contributed by atoms with Crippen LogP contribution in [0.1, 0.15) is 43.2 Å². The molecule has 0 aromatic heterocycles. The van der Waals surface area contributed by atoms with Gasteiger partial charge in [-0.1, -0.05) is 49.4 Å². The molecule has 3 aromatic rings. The Bertz CT molecular complexity index is 1560. The van der Waals surface area contributed by atoms with E-state index in [1.165, 1.54) is 19.2 Å². The molecule has 0 bridgehead atoms. The van der Waals surface area contributed by atoms with Crippen LogP contribution < -0.4 is 9.46 Å². The van der Waals surface area contributed by atoms with Gasteiger partial charge in [0.05, 0.1) is 17.6 Å². The predicted molar refractivity (Wildman–Crippen MR) is 154 cm³/mol. The summed E-state index contributed by atoms with van der Waals surface area (Å²) in [6.45, 7) is 1.93. The van der Waals surface area contributed by atoms with Gasteiger partial charge in [-0.25, -0.2) is 13.2 Å². The van der Waals surface area contributed by atoms with Crippen LogP contribution >= 0.6 is 0 Å². The van der Waals surface area contributed by atoms with Crippen molar-refractivity contribution in [1.29, 1.82) is 0 Å². The largest absolute Gasteiger partial charge is 0.504 e. The number of hydrogen-bond donors (Lipinski definition) is 2. The smallest absolute Gasteiger partial charge is 0.339 e. The molecular weight excluding hydrogens is 542 g/mol. The molecule has 0 amide bonds. The van der Waals surface area contributed by atoms with E-state index in [0.717, 1.165) is 18.4 Å². The standard InChI is InChI=1S/C32H33NO7S/c1-3-21(18-20-8-5-4-6-9-20)31-30(35)29(34)28(32(36)40-31)27(22-12-13-22)23-10-7-11-24(19-23)33-41(37,38)26-16-14-25(39-2)15-17-26/h4-11,14-17,19,21-22,27,31,33-34H,3,12-13,18H2,1-2H3. The van der Waals surface area contributed by atoms with Gasteiger partial charge in [-0.15, -0.1) is 0 Å². The van der Waals surface area contributed by atoms with Gasteiger partial charge in [0.15, 0.2) is 11.9 Å². The van der Waals surface area contributed by atoms with E-state index >= 15 is 0 Å². The third kappa shape index (κ3) is 6.15. The molecule has 5 rings (SSSR count). The zero-order chi connectivity index (χ0) is 29.1. The summed E-state index contributed by atoms with van der Waals surface area (Å²) in [6, 6.07) is 22.4. The van der Waals surface area contributed by atoms with Crippen LogP contribution in [0.4, 0.5) is 5.69 Å². The Labute approximate surface area is 240 Å². The molecule has 1 saturated carbocycles. The Morgan fingerprint density at radius 3 is 2.34 bits per heavy atom. The lowest BCUT2D eigenvalue weighted by molar-refractivity contribution is -0.158. The highest BCUT2D eigenvalue weighted by Gasteiger charge is 2.47. The molecule has 2 N–H and O–H groups in total. The number of sulfonamides is 1. The molecule has 1 fully saturated rings. The Kier molecular flexibility index (Phi) is 8.17. The summed E-state index contributed by atoms with van der Waals surface area (Å²) in [5.74, 6) is -2.20. The molecule has 2 aliphatic rings. The Morgan fingerprint density at radius 2 is 1.71 bits per heavy atom. The lowest BCUT2D eigenvalue weighted by Crippen LogP contribution is -2.42. The van der Waals surface area contributed by atoms with Gasteiger partial charge in [0.1, 0.15) is 5.75 Å². The number of rotatable bonds is 11. The highest BCUT2D eigenvalue weighted by Crippen LogP contribution is 2.49. The van der Waals surface area contributed by atoms with Crippen LogP contribution in [0.5, 0.6) is 5.75 Å². The van der Waals surface area contributed by atoms with E-state index in [1.807, 2.05) is 37.3 Å². The molecule has 0 spiro atoms. The number of cyclic esters (lactones) is 1. The average molecular weight is 576 g/mol. The highest BCUT2D eigenvalue weighted by atomic mass is 32.2. The normalized spacial score (nSPS) is 18.9. The number of anilines is 1. The highest BCUT2D eigenvalue weighted by molar-refractivity contribution is 7.92. The van der Waals surface area contributed by atoms with Crippen molar-refractivity contribution in [3.8, 4) is 5.75 Å². The summed E-state index contributed by atoms with van der Waals surface area (Å²) in [5.41, 5.74) is 1.87. The van der Waals surface area contributed by atoms with Crippen LogP contribution in [0, 0.1) is 11.8 Å². The molecule has 3 aromatic carbocycles. The average Bonchev–Trinajstić information content (AvgIpc) is 3.82. The molecule has 1 aliphatic heterocycles. The number of nitrogens with one attached hydrogen (secondary N) is 1. The number of ketones is 1. The van der Waals surface area contributed by atoms with Crippen molar-refractivity contribution >= 4 is 27.5 Å². The topological polar surface area (TPSA) is 119 Å². The first kappa shape index (κ1) is 28.4. The minimum atomic E-state index is -3.90. The number of hydrogen-bond acceptors (Lipinski definition) is 7. The Morgan fingerprint density at radius 1 is 1.00 bits per heavy atom. The van der Waals surface area contributed by atoms with E-state index in [1.54, 1.807) is 36.4 Å². The zero-order valence-electron chi connectivity index (χ0n) is 22.9. The first-order chi connectivity index (χ1) is 19.7. The number of Topliss-reactive ketones (excluding diaryl/α,β-unsaturated/α-hetero) is 1. The number of aliphatic hydroxyl groups is 1. The molecule has 1 heterocycles. The molecule has 214 valence electrons. The fraction of sp³-hybridized carbons (Fsp3) is 0.312. The first-order valence-corrected chi connectivity index (χ1v) is 15.2. The number of aliphatic hydroxyl groups excluding tert-OH is 1. The predicted octanol–water partition coefficient (Wildman–Crippen LogP) is 5.57. The van der Waals surface area contributed by atoms with Crippen molar-refractivity contribution in [2.24, 2.45) is 11.8 Å². The maximum absolute atomic E-state index is 13.4. The lowest BCUT2D eigenvalue weighted by Gasteiger charge is -2.31. The van der Waals surface area contributed by atoms with E-state index in [4.69, 9.17) is 9.47 Å². The monoisotopic (exact) mass is 575 g/mol. The van der Waals surface area contributed by atoms with Crippen LogP contribution in [0.2, 0.25) is 0 Å². The van der Waals surface area contributed by atoms with Gasteiger partial charge in [0.25, 0.3) is 10.0 Å². The van der Waals surface area contributed by atoms with Crippen LogP contribution in [0.3, 0.4) is 0 Å². The fourth-order valence-corrected chi connectivity index (χ4v) is 6.48. The second-order valence-electron chi connectivity index (χ2n) is 10.5. The number of ether oxygens (including phenoxy) is 2. The molecule has 8 nitrogen and oxygen atoms in total. The maximum Gasteiger partial charge on any atom is 0.339 e. The van der Waals surface area contributed by atoms with E-state index < -0.39 is 39.6 Å². The van der Waals surface area contributed by atoms with Crippen molar-refractivity contribution < 1.29 is 32.6 Å². The second-order valence-corrected chi connectivity index (χ2v) is 12.2. The second kappa shape index (κ2) is 11.8. The van der Waals surface area contributed by atoms with Crippen LogP contribution in [0.15, 0.2) is 95.1 Å². The third-order valence-corrected chi connectivity index (χ3v) is 9.16. The maximum atomic E-state index is 13.4. The molecule has 9 heteroatoms. The summed E-state index contributed by atoms with van der Waals surface area (Å²) in [5, 5.41) is 11.2. The molecule has 3 unspecified atom stereocenters. The van der Waals surface area contributed by atoms with Gasteiger partial charge in [-0.2, -0.15) is 0 Å². The number of methoxy groups -OCH3 is 1. The third-order valence-electron chi connectivity index (χ3n) is 7.77. The minimum Gasteiger partial charge on any atom is -0.504 e. The van der Waals surface area contributed by atoms with Crippen LogP contribution in [0.25, 0.3) is 0 Å². The number of benzene rings is 3. The number of carbonyl (C=O) groups excluding carboxylic acids is 2. The number of esters is 1. The summed E-state index contributed by atoms with van der Waals surface area (Å²) in [6.07, 6.45) is 1.66. The van der Waals surface area contributed by atoms with E-state index in [-0.39, 0.29) is 22.3 Å². The minimum absolute atomic E-state index is 0.0174. The van der Waals surface area contributed by atoms with Crippen LogP contribution in [-0.4, -0.2) is 38.5 Å². The van der Waals surface area contributed by atoms with Gasteiger partial charge in [0, 0.05) is 17.5 Å². The molecule has 1 aliphatic carbocycles. The molecule has 0 saturated heterocycles. The van der Waals surface area contributed by atoms with Gasteiger partial charge in [0.2, 0.25) is 5.78 Å².